The molecule has 1 aromatic carbocycles. The molecule has 1 atom stereocenters. The molecule has 1 aliphatic heterocycles. The van der Waals surface area contributed by atoms with Crippen LogP contribution in [0.25, 0.3) is 0 Å². The van der Waals surface area contributed by atoms with Crippen LogP contribution in [0.3, 0.4) is 0 Å². The highest BCUT2D eigenvalue weighted by Crippen LogP contribution is 2.31. The summed E-state index contributed by atoms with van der Waals surface area (Å²) in [5.41, 5.74) is -0.382. The Bertz CT molecular complexity index is 532. The van der Waals surface area contributed by atoms with Gasteiger partial charge in [0.05, 0.1) is 0 Å². The number of rotatable bonds is 4. The lowest BCUT2D eigenvalue weighted by atomic mass is 9.99. The first kappa shape index (κ1) is 15.6. The molecule has 2 rings (SSSR count). The molecule has 1 saturated heterocycles. The number of alkyl halides is 3. The van der Waals surface area contributed by atoms with Gasteiger partial charge in [-0.2, -0.15) is 0 Å². The molecule has 1 unspecified atom stereocenters. The molecule has 0 amide bonds. The molecule has 0 saturated carbocycles. The molecule has 0 aromatic heterocycles. The van der Waals surface area contributed by atoms with E-state index in [1.807, 2.05) is 0 Å². The van der Waals surface area contributed by atoms with Gasteiger partial charge < -0.3 is 9.84 Å². The standard InChI is InChI=1S/C14H16F3NO3/c1-13(12(19)20)6-3-7-18(13)9-10-4-2-5-11(8-10)21-14(15,16)17/h2,4-5,8H,3,6-7,9H2,1H3,(H,19,20). The number of halogens is 3. The number of carboxylic acids is 1. The quantitative estimate of drug-likeness (QED) is 0.929. The number of ether oxygens (including phenoxy) is 1. The summed E-state index contributed by atoms with van der Waals surface area (Å²) >= 11 is 0. The van der Waals surface area contributed by atoms with Crippen LogP contribution < -0.4 is 4.74 Å². The summed E-state index contributed by atoms with van der Waals surface area (Å²) in [5.74, 6) is -1.21. The van der Waals surface area contributed by atoms with Crippen LogP contribution in [-0.2, 0) is 11.3 Å². The van der Waals surface area contributed by atoms with E-state index in [0.717, 1.165) is 6.42 Å². The third kappa shape index (κ3) is 3.66. The molecule has 1 N–H and O–H groups in total. The van der Waals surface area contributed by atoms with Crippen molar-refractivity contribution in [2.24, 2.45) is 0 Å². The first-order valence-electron chi connectivity index (χ1n) is 6.54. The van der Waals surface area contributed by atoms with Crippen LogP contribution >= 0.6 is 0 Å². The van der Waals surface area contributed by atoms with Gasteiger partial charge in [-0.15, -0.1) is 13.2 Å². The first-order chi connectivity index (χ1) is 9.71. The summed E-state index contributed by atoms with van der Waals surface area (Å²) in [6.07, 6.45) is -3.45. The number of aliphatic carboxylic acids is 1. The molecule has 21 heavy (non-hydrogen) atoms. The number of hydrogen-bond donors (Lipinski definition) is 1. The van der Waals surface area contributed by atoms with Crippen molar-refractivity contribution in [2.75, 3.05) is 6.54 Å². The maximum Gasteiger partial charge on any atom is 0.573 e. The van der Waals surface area contributed by atoms with Crippen molar-refractivity contribution >= 4 is 5.97 Å². The van der Waals surface area contributed by atoms with Gasteiger partial charge in [-0.25, -0.2) is 0 Å². The summed E-state index contributed by atoms with van der Waals surface area (Å²) in [4.78, 5) is 13.1. The zero-order valence-electron chi connectivity index (χ0n) is 11.5. The normalized spacial score (nSPS) is 23.2. The van der Waals surface area contributed by atoms with Gasteiger partial charge in [-0.3, -0.25) is 9.69 Å². The average molecular weight is 303 g/mol. The largest absolute Gasteiger partial charge is 0.573 e. The second-order valence-corrected chi connectivity index (χ2v) is 5.30. The number of carbonyl (C=O) groups is 1. The van der Waals surface area contributed by atoms with Gasteiger partial charge in [-0.1, -0.05) is 12.1 Å². The van der Waals surface area contributed by atoms with Crippen LogP contribution in [0.4, 0.5) is 13.2 Å². The second kappa shape index (κ2) is 5.55. The smallest absolute Gasteiger partial charge is 0.480 e. The van der Waals surface area contributed by atoms with E-state index in [0.29, 0.717) is 18.5 Å². The van der Waals surface area contributed by atoms with Gasteiger partial charge in [-0.05, 0) is 44.0 Å². The SMILES string of the molecule is CC1(C(=O)O)CCCN1Cc1cccc(OC(F)(F)F)c1. The van der Waals surface area contributed by atoms with E-state index in [4.69, 9.17) is 0 Å². The number of hydrogen-bond acceptors (Lipinski definition) is 3. The summed E-state index contributed by atoms with van der Waals surface area (Å²) in [5, 5.41) is 9.31. The Labute approximate surface area is 120 Å². The van der Waals surface area contributed by atoms with Crippen LogP contribution in [0.15, 0.2) is 24.3 Å². The molecule has 0 bridgehead atoms. The van der Waals surface area contributed by atoms with E-state index >= 15 is 0 Å². The Hall–Kier alpha value is -1.76. The van der Waals surface area contributed by atoms with E-state index in [1.54, 1.807) is 17.9 Å². The minimum atomic E-state index is -4.73. The van der Waals surface area contributed by atoms with E-state index in [1.165, 1.54) is 18.2 Å². The highest BCUT2D eigenvalue weighted by molar-refractivity contribution is 5.78. The van der Waals surface area contributed by atoms with Crippen LogP contribution in [-0.4, -0.2) is 34.4 Å². The highest BCUT2D eigenvalue weighted by Gasteiger charge is 2.43. The molecule has 0 radical (unpaired) electrons. The van der Waals surface area contributed by atoms with Crippen molar-refractivity contribution in [2.45, 2.75) is 38.2 Å². The maximum atomic E-state index is 12.2. The Morgan fingerprint density at radius 3 is 2.81 bits per heavy atom. The predicted molar refractivity (Wildman–Crippen MR) is 68.8 cm³/mol. The lowest BCUT2D eigenvalue weighted by molar-refractivity contribution is -0.274. The molecule has 1 aliphatic rings. The van der Waals surface area contributed by atoms with Gasteiger partial charge in [0, 0.05) is 6.54 Å². The van der Waals surface area contributed by atoms with Gasteiger partial charge >= 0.3 is 12.3 Å². The molecule has 7 heteroatoms. The Morgan fingerprint density at radius 1 is 1.48 bits per heavy atom. The second-order valence-electron chi connectivity index (χ2n) is 5.30. The first-order valence-corrected chi connectivity index (χ1v) is 6.54. The molecule has 0 aliphatic carbocycles. The van der Waals surface area contributed by atoms with Crippen molar-refractivity contribution in [3.63, 3.8) is 0 Å². The van der Waals surface area contributed by atoms with Crippen LogP contribution in [0.1, 0.15) is 25.3 Å². The van der Waals surface area contributed by atoms with Gasteiger partial charge in [0.15, 0.2) is 0 Å². The fourth-order valence-electron chi connectivity index (χ4n) is 2.58. The van der Waals surface area contributed by atoms with Crippen LogP contribution in [0, 0.1) is 0 Å². The summed E-state index contributed by atoms with van der Waals surface area (Å²) in [7, 11) is 0. The van der Waals surface area contributed by atoms with Gasteiger partial charge in [0.2, 0.25) is 0 Å². The topological polar surface area (TPSA) is 49.8 Å². The Balaban J connectivity index is 2.13. The van der Waals surface area contributed by atoms with E-state index in [9.17, 15) is 23.1 Å². The Kier molecular flexibility index (Phi) is 4.13. The third-order valence-corrected chi connectivity index (χ3v) is 3.76. The summed E-state index contributed by atoms with van der Waals surface area (Å²) in [6, 6.07) is 5.62. The zero-order valence-corrected chi connectivity index (χ0v) is 11.5. The van der Waals surface area contributed by atoms with Crippen molar-refractivity contribution in [1.29, 1.82) is 0 Å². The van der Waals surface area contributed by atoms with Crippen molar-refractivity contribution in [1.82, 2.24) is 4.90 Å². The van der Waals surface area contributed by atoms with E-state index < -0.39 is 17.9 Å². The van der Waals surface area contributed by atoms with Gasteiger partial charge in [0.25, 0.3) is 0 Å². The summed E-state index contributed by atoms with van der Waals surface area (Å²) in [6.45, 7) is 2.52. The third-order valence-electron chi connectivity index (χ3n) is 3.76. The van der Waals surface area contributed by atoms with Crippen LogP contribution in [0.5, 0.6) is 5.75 Å². The molecule has 1 fully saturated rings. The number of benzene rings is 1. The Morgan fingerprint density at radius 2 is 2.19 bits per heavy atom. The van der Waals surface area contributed by atoms with Crippen molar-refractivity contribution in [3.05, 3.63) is 29.8 Å². The predicted octanol–water partition coefficient (Wildman–Crippen LogP) is 3.02. The minimum Gasteiger partial charge on any atom is -0.480 e. The number of carboxylic acid groups (broad SMARTS) is 1. The molecule has 1 aromatic rings. The lowest BCUT2D eigenvalue weighted by Crippen LogP contribution is -2.47. The van der Waals surface area contributed by atoms with E-state index in [-0.39, 0.29) is 12.3 Å². The average Bonchev–Trinajstić information content (AvgIpc) is 2.70. The van der Waals surface area contributed by atoms with Gasteiger partial charge in [0.1, 0.15) is 11.3 Å². The molecule has 1 heterocycles. The van der Waals surface area contributed by atoms with Crippen molar-refractivity contribution < 1.29 is 27.8 Å². The molecule has 4 nitrogen and oxygen atoms in total. The lowest BCUT2D eigenvalue weighted by Gasteiger charge is -2.31. The number of nitrogens with zero attached hydrogens (tertiary/aromatic N) is 1. The fraction of sp³-hybridized carbons (Fsp3) is 0.500. The van der Waals surface area contributed by atoms with Crippen molar-refractivity contribution in [3.8, 4) is 5.75 Å². The molecule has 116 valence electrons. The highest BCUT2D eigenvalue weighted by atomic mass is 19.4. The summed E-state index contributed by atoms with van der Waals surface area (Å²) < 4.78 is 40.5. The molecular formula is C14H16F3NO3. The monoisotopic (exact) mass is 303 g/mol. The zero-order chi connectivity index (χ0) is 15.7. The fourth-order valence-corrected chi connectivity index (χ4v) is 2.58. The maximum absolute atomic E-state index is 12.2. The van der Waals surface area contributed by atoms with Crippen LogP contribution in [0.2, 0.25) is 0 Å². The molecular weight excluding hydrogens is 287 g/mol. The number of likely N-dealkylation sites (tertiary alicyclic amines) is 1. The van der Waals surface area contributed by atoms with E-state index in [2.05, 4.69) is 4.74 Å². The molecule has 0 spiro atoms. The minimum absolute atomic E-state index is 0.276.